The van der Waals surface area contributed by atoms with Gasteiger partial charge >= 0.3 is 0 Å². The van der Waals surface area contributed by atoms with Gasteiger partial charge in [0.2, 0.25) is 0 Å². The fourth-order valence-corrected chi connectivity index (χ4v) is 15.5. The molecule has 2 aromatic heterocycles. The SMILES string of the molecule is Cc1cc(-c2ccc(N(c3ccc(-c4ccc5ccccc5c4)cc3)c3ccccc3-c3cccc4c3sc3ccccc34)c(C)c2)ccc1N(c1ccc(-c2ccc3ccccc3c2)cc1)c1ccccc1-c1cccc2c1sc1ccccc12. The number of benzene rings is 14. The molecule has 2 nitrogen and oxygen atoms in total. The number of thiophene rings is 2. The van der Waals surface area contributed by atoms with Crippen LogP contribution in [0.4, 0.5) is 34.1 Å². The van der Waals surface area contributed by atoms with Crippen molar-refractivity contribution < 1.29 is 0 Å². The molecule has 0 saturated heterocycles. The molecule has 14 aromatic carbocycles. The first-order valence-electron chi connectivity index (χ1n) is 29.5. The average molecular weight is 1130 g/mol. The largest absolute Gasteiger partial charge is 0.310 e. The van der Waals surface area contributed by atoms with Gasteiger partial charge < -0.3 is 9.80 Å². The Hall–Kier alpha value is -10.4. The molecule has 16 aromatic rings. The van der Waals surface area contributed by atoms with E-state index in [0.717, 1.165) is 34.1 Å². The predicted molar refractivity (Wildman–Crippen MR) is 373 cm³/mol. The van der Waals surface area contributed by atoms with Gasteiger partial charge in [-0.3, -0.25) is 0 Å². The van der Waals surface area contributed by atoms with Crippen LogP contribution in [0.15, 0.2) is 303 Å². The molecule has 4 heteroatoms. The second-order valence-corrected chi connectivity index (χ2v) is 24.6. The summed E-state index contributed by atoms with van der Waals surface area (Å²) in [4.78, 5) is 4.94. The van der Waals surface area contributed by atoms with Gasteiger partial charge in [-0.05, 0) is 165 Å². The number of para-hydroxylation sites is 2. The normalized spacial score (nSPS) is 11.6. The van der Waals surface area contributed by atoms with Crippen molar-refractivity contribution in [2.45, 2.75) is 13.8 Å². The molecular formula is C82H56N2S2. The van der Waals surface area contributed by atoms with Crippen LogP contribution >= 0.6 is 22.7 Å². The molecule has 0 aliphatic rings. The van der Waals surface area contributed by atoms with E-state index < -0.39 is 0 Å². The fraction of sp³-hybridized carbons (Fsp3) is 0.0244. The van der Waals surface area contributed by atoms with E-state index in [4.69, 9.17) is 0 Å². The highest BCUT2D eigenvalue weighted by molar-refractivity contribution is 7.26. The van der Waals surface area contributed by atoms with Gasteiger partial charge in [0.15, 0.2) is 0 Å². The van der Waals surface area contributed by atoms with E-state index in [1.165, 1.54) is 129 Å². The van der Waals surface area contributed by atoms with Crippen molar-refractivity contribution in [1.82, 2.24) is 0 Å². The van der Waals surface area contributed by atoms with Crippen LogP contribution in [0.5, 0.6) is 0 Å². The summed E-state index contributed by atoms with van der Waals surface area (Å²) in [5.74, 6) is 0. The first-order chi connectivity index (χ1) is 42.5. The Morgan fingerprint density at radius 2 is 0.570 bits per heavy atom. The molecule has 0 unspecified atom stereocenters. The minimum absolute atomic E-state index is 1.09. The van der Waals surface area contributed by atoms with Gasteiger partial charge in [0.05, 0.1) is 11.4 Å². The molecule has 16 rings (SSSR count). The third-order valence-electron chi connectivity index (χ3n) is 17.3. The molecule has 0 aliphatic heterocycles. The topological polar surface area (TPSA) is 6.48 Å². The zero-order valence-electron chi connectivity index (χ0n) is 47.6. The van der Waals surface area contributed by atoms with Gasteiger partial charge in [-0.2, -0.15) is 0 Å². The van der Waals surface area contributed by atoms with Crippen molar-refractivity contribution in [3.8, 4) is 55.6 Å². The van der Waals surface area contributed by atoms with Gasteiger partial charge in [-0.25, -0.2) is 0 Å². The lowest BCUT2D eigenvalue weighted by Crippen LogP contribution is -2.13. The summed E-state index contributed by atoms with van der Waals surface area (Å²) in [5.41, 5.74) is 21.0. The first-order valence-corrected chi connectivity index (χ1v) is 31.1. The third kappa shape index (κ3) is 9.01. The van der Waals surface area contributed by atoms with Crippen molar-refractivity contribution >= 4 is 119 Å². The molecule has 86 heavy (non-hydrogen) atoms. The van der Waals surface area contributed by atoms with Crippen LogP contribution in [-0.4, -0.2) is 0 Å². The maximum atomic E-state index is 2.47. The van der Waals surface area contributed by atoms with Gasteiger partial charge in [0.1, 0.15) is 0 Å². The van der Waals surface area contributed by atoms with E-state index in [9.17, 15) is 0 Å². The molecule has 0 spiro atoms. The number of aryl methyl sites for hydroxylation is 2. The lowest BCUT2D eigenvalue weighted by atomic mass is 9.96. The Labute approximate surface area is 509 Å². The molecular weight excluding hydrogens is 1080 g/mol. The lowest BCUT2D eigenvalue weighted by molar-refractivity contribution is 1.25. The number of nitrogens with zero attached hydrogens (tertiary/aromatic N) is 2. The summed E-state index contributed by atoms with van der Waals surface area (Å²) in [7, 11) is 0. The van der Waals surface area contributed by atoms with Crippen LogP contribution in [0.3, 0.4) is 0 Å². The first kappa shape index (κ1) is 51.3. The van der Waals surface area contributed by atoms with Crippen LogP contribution in [0.1, 0.15) is 11.1 Å². The summed E-state index contributed by atoms with van der Waals surface area (Å²) in [5, 5.41) is 10.1. The smallest absolute Gasteiger partial charge is 0.0540 e. The number of fused-ring (bicyclic) bond motifs is 8. The summed E-state index contributed by atoms with van der Waals surface area (Å²) in [6, 6.07) is 112. The highest BCUT2D eigenvalue weighted by atomic mass is 32.1. The van der Waals surface area contributed by atoms with Crippen LogP contribution < -0.4 is 9.80 Å². The highest BCUT2D eigenvalue weighted by Gasteiger charge is 2.24. The predicted octanol–water partition coefficient (Wildman–Crippen LogP) is 24.6. The van der Waals surface area contributed by atoms with E-state index in [1.54, 1.807) is 0 Å². The second kappa shape index (κ2) is 21.4. The van der Waals surface area contributed by atoms with Crippen molar-refractivity contribution in [3.63, 3.8) is 0 Å². The minimum Gasteiger partial charge on any atom is -0.310 e. The zero-order valence-corrected chi connectivity index (χ0v) is 49.2. The Bertz CT molecular complexity index is 4950. The Morgan fingerprint density at radius 3 is 1.01 bits per heavy atom. The fourth-order valence-electron chi connectivity index (χ4n) is 13.0. The molecule has 0 atom stereocenters. The van der Waals surface area contributed by atoms with Crippen molar-refractivity contribution in [2.75, 3.05) is 9.80 Å². The average Bonchev–Trinajstić information content (AvgIpc) is 1.80. The van der Waals surface area contributed by atoms with E-state index in [2.05, 4.69) is 327 Å². The van der Waals surface area contributed by atoms with E-state index in [1.807, 2.05) is 22.7 Å². The Kier molecular flexibility index (Phi) is 12.7. The number of rotatable bonds is 11. The number of anilines is 6. The van der Waals surface area contributed by atoms with Gasteiger partial charge in [0, 0.05) is 85.3 Å². The summed E-state index contributed by atoms with van der Waals surface area (Å²) in [6.07, 6.45) is 0. The van der Waals surface area contributed by atoms with E-state index >= 15 is 0 Å². The van der Waals surface area contributed by atoms with Crippen LogP contribution in [0, 0.1) is 13.8 Å². The lowest BCUT2D eigenvalue weighted by Gasteiger charge is -2.30. The van der Waals surface area contributed by atoms with Crippen LogP contribution in [-0.2, 0) is 0 Å². The van der Waals surface area contributed by atoms with E-state index in [0.29, 0.717) is 0 Å². The van der Waals surface area contributed by atoms with Gasteiger partial charge in [0.25, 0.3) is 0 Å². The number of hydrogen-bond donors (Lipinski definition) is 0. The molecule has 0 amide bonds. The molecule has 2 heterocycles. The standard InChI is InChI=1S/C82H56N2S2/c1-53-49-61(41-47-75(53)83(65-43-37-57(38-44-65)63-35-33-55-17-3-5-19-59(55)51-63)77-29-11-7-21-67(77)71-25-15-27-73-69-23-9-13-31-79(69)85-81(71)73)62-42-48-76(54(2)50-62)84(66-45-39-58(40-46-66)64-36-34-56-18-4-6-20-60(56)52-64)78-30-12-8-22-68(78)72-26-16-28-74-70-24-10-14-32-80(70)86-82(72)74/h3-52H,1-2H3. The Morgan fingerprint density at radius 1 is 0.233 bits per heavy atom. The molecule has 0 saturated carbocycles. The zero-order chi connectivity index (χ0) is 57.2. The van der Waals surface area contributed by atoms with Crippen molar-refractivity contribution in [2.24, 2.45) is 0 Å². The Balaban J connectivity index is 0.805. The monoisotopic (exact) mass is 1130 g/mol. The van der Waals surface area contributed by atoms with Crippen molar-refractivity contribution in [3.05, 3.63) is 314 Å². The third-order valence-corrected chi connectivity index (χ3v) is 19.7. The molecule has 0 radical (unpaired) electrons. The molecule has 0 aliphatic carbocycles. The number of hydrogen-bond acceptors (Lipinski definition) is 4. The summed E-state index contributed by atoms with van der Waals surface area (Å²) >= 11 is 3.76. The maximum absolute atomic E-state index is 2.47. The van der Waals surface area contributed by atoms with E-state index in [-0.39, 0.29) is 0 Å². The van der Waals surface area contributed by atoms with Gasteiger partial charge in [-0.15, -0.1) is 22.7 Å². The molecule has 0 bridgehead atoms. The van der Waals surface area contributed by atoms with Gasteiger partial charge in [-0.1, -0.05) is 218 Å². The second-order valence-electron chi connectivity index (χ2n) is 22.5. The quantitative estimate of drug-likeness (QED) is 0.127. The van der Waals surface area contributed by atoms with Crippen molar-refractivity contribution in [1.29, 1.82) is 0 Å². The summed E-state index contributed by atoms with van der Waals surface area (Å²) < 4.78 is 5.20. The molecule has 406 valence electrons. The highest BCUT2D eigenvalue weighted by Crippen LogP contribution is 2.50. The summed E-state index contributed by atoms with van der Waals surface area (Å²) in [6.45, 7) is 4.53. The minimum atomic E-state index is 1.09. The van der Waals surface area contributed by atoms with Crippen LogP contribution in [0.25, 0.3) is 118 Å². The molecule has 0 N–H and O–H groups in total. The van der Waals surface area contributed by atoms with Crippen LogP contribution in [0.2, 0.25) is 0 Å². The maximum Gasteiger partial charge on any atom is 0.0540 e. The molecule has 0 fully saturated rings.